The van der Waals surface area contributed by atoms with Crippen molar-refractivity contribution in [2.45, 2.75) is 45.9 Å². The number of nitrogens with one attached hydrogen (secondary N) is 2. The zero-order valence-corrected chi connectivity index (χ0v) is 12.9. The molecule has 0 spiro atoms. The van der Waals surface area contributed by atoms with Crippen LogP contribution in [0.4, 0.5) is 4.79 Å². The van der Waals surface area contributed by atoms with Gasteiger partial charge in [-0.15, -0.1) is 0 Å². The largest absolute Gasteiger partial charge is 0.481 e. The Labute approximate surface area is 125 Å². The molecule has 116 valence electrons. The van der Waals surface area contributed by atoms with Crippen LogP contribution in [0, 0.1) is 0 Å². The van der Waals surface area contributed by atoms with E-state index in [9.17, 15) is 9.59 Å². The monoisotopic (exact) mass is 293 g/mol. The fraction of sp³-hybridized carbons (Fsp3) is 0.467. The molecule has 0 aliphatic heterocycles. The maximum absolute atomic E-state index is 11.6. The number of nitrogens with two attached hydrogens (primary N) is 1. The predicted octanol–water partition coefficient (Wildman–Crippen LogP) is 1.54. The first-order valence-electron chi connectivity index (χ1n) is 6.78. The topological polar surface area (TPSA) is 93.4 Å². The molecule has 4 N–H and O–H groups in total. The summed E-state index contributed by atoms with van der Waals surface area (Å²) in [5, 5.41) is 5.36. The first kappa shape index (κ1) is 17.0. The molecule has 1 atom stereocenters. The van der Waals surface area contributed by atoms with Crippen LogP contribution in [0.1, 0.15) is 33.3 Å². The molecule has 0 saturated carbocycles. The van der Waals surface area contributed by atoms with Gasteiger partial charge >= 0.3 is 6.03 Å². The summed E-state index contributed by atoms with van der Waals surface area (Å²) in [7, 11) is 0. The minimum absolute atomic E-state index is 0.0194. The molecule has 1 aromatic rings. The van der Waals surface area contributed by atoms with Crippen LogP contribution in [-0.2, 0) is 11.3 Å². The summed E-state index contributed by atoms with van der Waals surface area (Å²) in [5.74, 6) is -0.00366. The molecule has 0 aliphatic rings. The maximum atomic E-state index is 11.6. The zero-order valence-electron chi connectivity index (χ0n) is 12.9. The van der Waals surface area contributed by atoms with Crippen molar-refractivity contribution in [3.8, 4) is 5.75 Å². The van der Waals surface area contributed by atoms with Gasteiger partial charge in [-0.25, -0.2) is 4.79 Å². The van der Waals surface area contributed by atoms with E-state index in [1.54, 1.807) is 13.0 Å². The highest BCUT2D eigenvalue weighted by molar-refractivity contribution is 5.95. The van der Waals surface area contributed by atoms with Gasteiger partial charge in [0, 0.05) is 12.1 Å². The van der Waals surface area contributed by atoms with Crippen LogP contribution in [0.2, 0.25) is 0 Å². The van der Waals surface area contributed by atoms with Crippen LogP contribution in [0.15, 0.2) is 24.3 Å². The fourth-order valence-electron chi connectivity index (χ4n) is 1.58. The lowest BCUT2D eigenvalue weighted by Gasteiger charge is -2.21. The molecule has 3 amide bonds. The third kappa shape index (κ3) is 6.76. The number of carbonyl (C=O) groups excluding carboxylic acids is 2. The molecule has 0 fully saturated rings. The third-order valence-corrected chi connectivity index (χ3v) is 2.65. The number of ether oxygens (including phenoxy) is 1. The van der Waals surface area contributed by atoms with Gasteiger partial charge in [-0.2, -0.15) is 0 Å². The van der Waals surface area contributed by atoms with E-state index in [0.717, 1.165) is 5.56 Å². The van der Waals surface area contributed by atoms with E-state index in [2.05, 4.69) is 26.1 Å². The fourth-order valence-corrected chi connectivity index (χ4v) is 1.58. The third-order valence-electron chi connectivity index (χ3n) is 2.65. The van der Waals surface area contributed by atoms with E-state index in [-0.39, 0.29) is 5.54 Å². The Balaban J connectivity index is 2.64. The van der Waals surface area contributed by atoms with Gasteiger partial charge in [0.05, 0.1) is 0 Å². The Hall–Kier alpha value is -2.08. The van der Waals surface area contributed by atoms with Crippen LogP contribution < -0.4 is 21.1 Å². The molecular weight excluding hydrogens is 270 g/mol. The van der Waals surface area contributed by atoms with Gasteiger partial charge in [-0.05, 0) is 45.4 Å². The average Bonchev–Trinajstić information content (AvgIpc) is 2.35. The van der Waals surface area contributed by atoms with Crippen molar-refractivity contribution in [3.63, 3.8) is 0 Å². The molecular formula is C15H23N3O3. The Morgan fingerprint density at radius 3 is 2.57 bits per heavy atom. The number of urea groups is 1. The van der Waals surface area contributed by atoms with Crippen molar-refractivity contribution in [2.75, 3.05) is 0 Å². The Morgan fingerprint density at radius 1 is 1.33 bits per heavy atom. The minimum Gasteiger partial charge on any atom is -0.481 e. The number of benzene rings is 1. The minimum atomic E-state index is -0.890. The van der Waals surface area contributed by atoms with Crippen LogP contribution >= 0.6 is 0 Å². The molecule has 1 unspecified atom stereocenters. The van der Waals surface area contributed by atoms with Crippen molar-refractivity contribution in [1.29, 1.82) is 0 Å². The second kappa shape index (κ2) is 7.08. The van der Waals surface area contributed by atoms with Gasteiger partial charge in [0.25, 0.3) is 5.91 Å². The average molecular weight is 293 g/mol. The van der Waals surface area contributed by atoms with E-state index < -0.39 is 18.0 Å². The van der Waals surface area contributed by atoms with Gasteiger partial charge in [-0.1, -0.05) is 12.1 Å². The molecule has 0 heterocycles. The molecule has 0 bridgehead atoms. The number of imide groups is 1. The Kier molecular flexibility index (Phi) is 5.72. The summed E-state index contributed by atoms with van der Waals surface area (Å²) in [5.41, 5.74) is 5.96. The van der Waals surface area contributed by atoms with E-state index in [1.807, 2.05) is 23.5 Å². The number of carbonyl (C=O) groups is 2. The molecule has 6 heteroatoms. The number of hydrogen-bond donors (Lipinski definition) is 3. The summed E-state index contributed by atoms with van der Waals surface area (Å²) in [6.45, 7) is 8.51. The maximum Gasteiger partial charge on any atom is 0.318 e. The molecule has 1 rings (SSSR count). The highest BCUT2D eigenvalue weighted by atomic mass is 16.5. The SMILES string of the molecule is CC(Oc1cccc(CNC(C)(C)C)c1)C(=O)NC(N)=O. The van der Waals surface area contributed by atoms with Gasteiger partial charge in [0.15, 0.2) is 6.10 Å². The van der Waals surface area contributed by atoms with Gasteiger partial charge in [-0.3, -0.25) is 10.1 Å². The lowest BCUT2D eigenvalue weighted by atomic mass is 10.1. The summed E-state index contributed by atoms with van der Waals surface area (Å²) < 4.78 is 5.50. The Bertz CT molecular complexity index is 509. The standard InChI is InChI=1S/C15H23N3O3/c1-10(13(19)18-14(16)20)21-12-7-5-6-11(8-12)9-17-15(2,3)4/h5-8,10,17H,9H2,1-4H3,(H3,16,18,19,20). The Morgan fingerprint density at radius 2 is 2.00 bits per heavy atom. The van der Waals surface area contributed by atoms with Crippen molar-refractivity contribution >= 4 is 11.9 Å². The zero-order chi connectivity index (χ0) is 16.0. The van der Waals surface area contributed by atoms with Crippen molar-refractivity contribution in [2.24, 2.45) is 5.73 Å². The van der Waals surface area contributed by atoms with E-state index in [1.165, 1.54) is 0 Å². The van der Waals surface area contributed by atoms with Crippen LogP contribution in [-0.4, -0.2) is 23.6 Å². The normalized spacial score (nSPS) is 12.6. The van der Waals surface area contributed by atoms with Gasteiger partial charge < -0.3 is 15.8 Å². The number of hydrogen-bond acceptors (Lipinski definition) is 4. The lowest BCUT2D eigenvalue weighted by Crippen LogP contribution is -2.42. The smallest absolute Gasteiger partial charge is 0.318 e. The van der Waals surface area contributed by atoms with Crippen molar-refractivity contribution < 1.29 is 14.3 Å². The number of rotatable bonds is 5. The highest BCUT2D eigenvalue weighted by Crippen LogP contribution is 2.15. The van der Waals surface area contributed by atoms with Crippen molar-refractivity contribution in [3.05, 3.63) is 29.8 Å². The summed E-state index contributed by atoms with van der Waals surface area (Å²) >= 11 is 0. The number of amides is 3. The molecule has 0 radical (unpaired) electrons. The van der Waals surface area contributed by atoms with Crippen LogP contribution in [0.3, 0.4) is 0 Å². The van der Waals surface area contributed by atoms with Gasteiger partial charge in [0.1, 0.15) is 5.75 Å². The van der Waals surface area contributed by atoms with E-state index >= 15 is 0 Å². The molecule has 6 nitrogen and oxygen atoms in total. The van der Waals surface area contributed by atoms with Crippen LogP contribution in [0.25, 0.3) is 0 Å². The second-order valence-corrected chi connectivity index (χ2v) is 5.86. The summed E-state index contributed by atoms with van der Waals surface area (Å²) in [6, 6.07) is 6.55. The lowest BCUT2D eigenvalue weighted by molar-refractivity contribution is -0.126. The van der Waals surface area contributed by atoms with E-state index in [0.29, 0.717) is 12.3 Å². The first-order chi connectivity index (χ1) is 9.67. The first-order valence-corrected chi connectivity index (χ1v) is 6.78. The number of primary amides is 1. The predicted molar refractivity (Wildman–Crippen MR) is 80.9 cm³/mol. The molecule has 0 aromatic heterocycles. The van der Waals surface area contributed by atoms with E-state index in [4.69, 9.17) is 10.5 Å². The molecule has 0 saturated heterocycles. The van der Waals surface area contributed by atoms with Gasteiger partial charge in [0.2, 0.25) is 0 Å². The van der Waals surface area contributed by atoms with Crippen molar-refractivity contribution in [1.82, 2.24) is 10.6 Å². The highest BCUT2D eigenvalue weighted by Gasteiger charge is 2.16. The summed E-state index contributed by atoms with van der Waals surface area (Å²) in [6.07, 6.45) is -0.802. The second-order valence-electron chi connectivity index (χ2n) is 5.86. The molecule has 1 aromatic carbocycles. The van der Waals surface area contributed by atoms with Crippen LogP contribution in [0.5, 0.6) is 5.75 Å². The molecule has 21 heavy (non-hydrogen) atoms. The molecule has 0 aliphatic carbocycles. The quantitative estimate of drug-likeness (QED) is 0.767. The summed E-state index contributed by atoms with van der Waals surface area (Å²) in [4.78, 5) is 22.2.